The Morgan fingerprint density at radius 2 is 2.18 bits per heavy atom. The minimum Gasteiger partial charge on any atom is -0.369 e. The van der Waals surface area contributed by atoms with E-state index in [0.717, 1.165) is 0 Å². The Hall–Kier alpha value is -2.11. The van der Waals surface area contributed by atoms with Crippen molar-refractivity contribution in [3.63, 3.8) is 0 Å². The number of nitrogens with zero attached hydrogens (tertiary/aromatic N) is 2. The molecule has 0 bridgehead atoms. The number of hydrogen-bond acceptors (Lipinski definition) is 4. The second-order valence-electron chi connectivity index (χ2n) is 4.08. The summed E-state index contributed by atoms with van der Waals surface area (Å²) in [4.78, 5) is 23.4. The molecular formula is C11H13N3O3. The minimum absolute atomic E-state index is 0.0672. The number of benzene rings is 1. The predicted octanol–water partition coefficient (Wildman–Crippen LogP) is 0.906. The zero-order valence-corrected chi connectivity index (χ0v) is 9.20. The molecule has 1 aliphatic heterocycles. The highest BCUT2D eigenvalue weighted by atomic mass is 16.6. The number of hydrogen-bond donors (Lipinski definition) is 1. The molecule has 1 saturated heterocycles. The first-order valence-corrected chi connectivity index (χ1v) is 5.37. The molecule has 0 aromatic heterocycles. The maximum atomic E-state index is 11.1. The molecule has 2 N–H and O–H groups in total. The first-order valence-electron chi connectivity index (χ1n) is 5.37. The third-order valence-corrected chi connectivity index (χ3v) is 3.01. The summed E-state index contributed by atoms with van der Waals surface area (Å²) in [6.45, 7) is 1.08. The van der Waals surface area contributed by atoms with Gasteiger partial charge in [0.1, 0.15) is 5.69 Å². The molecule has 0 radical (unpaired) electrons. The van der Waals surface area contributed by atoms with Gasteiger partial charge in [0.05, 0.1) is 10.8 Å². The van der Waals surface area contributed by atoms with Gasteiger partial charge < -0.3 is 10.6 Å². The normalized spacial score (nSPS) is 19.3. The van der Waals surface area contributed by atoms with Gasteiger partial charge in [-0.15, -0.1) is 0 Å². The zero-order chi connectivity index (χ0) is 12.4. The molecule has 1 heterocycles. The summed E-state index contributed by atoms with van der Waals surface area (Å²) in [5.74, 6) is -0.555. The SMILES string of the molecule is NC(=O)C1CCN(c2ccccc2[N+](=O)[O-])C1. The lowest BCUT2D eigenvalue weighted by molar-refractivity contribution is -0.384. The monoisotopic (exact) mass is 235 g/mol. The average Bonchev–Trinajstić information content (AvgIpc) is 2.78. The van der Waals surface area contributed by atoms with Gasteiger partial charge in [-0.3, -0.25) is 14.9 Å². The fraction of sp³-hybridized carbons (Fsp3) is 0.364. The molecule has 0 aliphatic carbocycles. The standard InChI is InChI=1S/C11H13N3O3/c12-11(15)8-5-6-13(7-8)9-3-1-2-4-10(9)14(16)17/h1-4,8H,5-7H2,(H2,12,15). The first-order chi connectivity index (χ1) is 8.09. The van der Waals surface area contributed by atoms with Gasteiger partial charge in [-0.2, -0.15) is 0 Å². The van der Waals surface area contributed by atoms with Crippen LogP contribution in [0.25, 0.3) is 0 Å². The van der Waals surface area contributed by atoms with Crippen LogP contribution in [0, 0.1) is 16.0 Å². The van der Waals surface area contributed by atoms with E-state index in [0.29, 0.717) is 25.2 Å². The van der Waals surface area contributed by atoms with Crippen LogP contribution in [0.4, 0.5) is 11.4 Å². The van der Waals surface area contributed by atoms with Crippen molar-refractivity contribution in [3.8, 4) is 0 Å². The fourth-order valence-electron chi connectivity index (χ4n) is 2.10. The maximum Gasteiger partial charge on any atom is 0.292 e. The van der Waals surface area contributed by atoms with Crippen molar-refractivity contribution in [3.05, 3.63) is 34.4 Å². The van der Waals surface area contributed by atoms with E-state index in [9.17, 15) is 14.9 Å². The molecule has 17 heavy (non-hydrogen) atoms. The average molecular weight is 235 g/mol. The second-order valence-corrected chi connectivity index (χ2v) is 4.08. The third kappa shape index (κ3) is 2.20. The van der Waals surface area contributed by atoms with E-state index in [-0.39, 0.29) is 17.5 Å². The molecular weight excluding hydrogens is 222 g/mol. The maximum absolute atomic E-state index is 11.1. The van der Waals surface area contributed by atoms with Crippen LogP contribution in [-0.2, 0) is 4.79 Å². The number of carbonyl (C=O) groups is 1. The highest BCUT2D eigenvalue weighted by molar-refractivity contribution is 5.78. The van der Waals surface area contributed by atoms with Crippen molar-refractivity contribution in [2.75, 3.05) is 18.0 Å². The largest absolute Gasteiger partial charge is 0.369 e. The molecule has 0 spiro atoms. The molecule has 1 amide bonds. The van der Waals surface area contributed by atoms with Crippen molar-refractivity contribution >= 4 is 17.3 Å². The van der Waals surface area contributed by atoms with Gasteiger partial charge in [0.15, 0.2) is 0 Å². The van der Waals surface area contributed by atoms with Gasteiger partial charge >= 0.3 is 0 Å². The molecule has 0 saturated carbocycles. The van der Waals surface area contributed by atoms with Crippen LogP contribution < -0.4 is 10.6 Å². The van der Waals surface area contributed by atoms with Crippen molar-refractivity contribution in [2.24, 2.45) is 11.7 Å². The molecule has 1 aliphatic rings. The first kappa shape index (κ1) is 11.4. The van der Waals surface area contributed by atoms with Crippen LogP contribution in [-0.4, -0.2) is 23.9 Å². The number of anilines is 1. The number of rotatable bonds is 3. The van der Waals surface area contributed by atoms with Gasteiger partial charge in [-0.25, -0.2) is 0 Å². The van der Waals surface area contributed by atoms with Crippen molar-refractivity contribution in [1.82, 2.24) is 0 Å². The van der Waals surface area contributed by atoms with Crippen LogP contribution in [0.2, 0.25) is 0 Å². The van der Waals surface area contributed by atoms with Crippen LogP contribution in [0.3, 0.4) is 0 Å². The van der Waals surface area contributed by atoms with Crippen LogP contribution in [0.15, 0.2) is 24.3 Å². The highest BCUT2D eigenvalue weighted by Gasteiger charge is 2.29. The number of nitro benzene ring substituents is 1. The van der Waals surface area contributed by atoms with Gasteiger partial charge in [0.25, 0.3) is 5.69 Å². The van der Waals surface area contributed by atoms with E-state index in [1.54, 1.807) is 18.2 Å². The Labute approximate surface area is 98.2 Å². The van der Waals surface area contributed by atoms with Crippen LogP contribution in [0.1, 0.15) is 6.42 Å². The highest BCUT2D eigenvalue weighted by Crippen LogP contribution is 2.31. The summed E-state index contributed by atoms with van der Waals surface area (Å²) in [5.41, 5.74) is 5.86. The molecule has 1 unspecified atom stereocenters. The number of para-hydroxylation sites is 2. The number of amides is 1. The Morgan fingerprint density at radius 3 is 2.76 bits per heavy atom. The van der Waals surface area contributed by atoms with Crippen LogP contribution in [0.5, 0.6) is 0 Å². The molecule has 2 rings (SSSR count). The van der Waals surface area contributed by atoms with E-state index in [1.165, 1.54) is 6.07 Å². The summed E-state index contributed by atoms with van der Waals surface area (Å²) < 4.78 is 0. The van der Waals surface area contributed by atoms with Gasteiger partial charge in [0.2, 0.25) is 5.91 Å². The van der Waals surface area contributed by atoms with Gasteiger partial charge in [-0.1, -0.05) is 12.1 Å². The fourth-order valence-corrected chi connectivity index (χ4v) is 2.10. The summed E-state index contributed by atoms with van der Waals surface area (Å²) in [6, 6.07) is 6.54. The Balaban J connectivity index is 2.24. The lowest BCUT2D eigenvalue weighted by atomic mass is 10.1. The Kier molecular flexibility index (Phi) is 2.95. The van der Waals surface area contributed by atoms with Crippen molar-refractivity contribution in [1.29, 1.82) is 0 Å². The zero-order valence-electron chi connectivity index (χ0n) is 9.20. The number of nitro groups is 1. The summed E-state index contributed by atoms with van der Waals surface area (Å²) in [7, 11) is 0. The van der Waals surface area contributed by atoms with E-state index in [1.807, 2.05) is 4.90 Å². The van der Waals surface area contributed by atoms with E-state index >= 15 is 0 Å². The minimum atomic E-state index is -0.410. The topological polar surface area (TPSA) is 89.5 Å². The predicted molar refractivity (Wildman–Crippen MR) is 62.6 cm³/mol. The number of primary amides is 1. The molecule has 1 fully saturated rings. The Bertz CT molecular complexity index is 461. The van der Waals surface area contributed by atoms with Gasteiger partial charge in [-0.05, 0) is 12.5 Å². The summed E-state index contributed by atoms with van der Waals surface area (Å²) >= 11 is 0. The molecule has 1 atom stereocenters. The van der Waals surface area contributed by atoms with Crippen LogP contribution >= 0.6 is 0 Å². The van der Waals surface area contributed by atoms with E-state index in [4.69, 9.17) is 5.73 Å². The summed E-state index contributed by atoms with van der Waals surface area (Å²) in [5, 5.41) is 10.9. The lowest BCUT2D eigenvalue weighted by Crippen LogP contribution is -2.27. The Morgan fingerprint density at radius 1 is 1.47 bits per heavy atom. The lowest BCUT2D eigenvalue weighted by Gasteiger charge is -2.17. The second kappa shape index (κ2) is 4.40. The summed E-state index contributed by atoms with van der Waals surface area (Å²) in [6.07, 6.45) is 0.654. The third-order valence-electron chi connectivity index (χ3n) is 3.01. The number of nitrogens with two attached hydrogens (primary N) is 1. The number of carbonyl (C=O) groups excluding carboxylic acids is 1. The van der Waals surface area contributed by atoms with E-state index in [2.05, 4.69) is 0 Å². The molecule has 6 heteroatoms. The molecule has 6 nitrogen and oxygen atoms in total. The van der Waals surface area contributed by atoms with Gasteiger partial charge in [0, 0.05) is 19.2 Å². The molecule has 90 valence electrons. The van der Waals surface area contributed by atoms with E-state index < -0.39 is 4.92 Å². The van der Waals surface area contributed by atoms with Crippen molar-refractivity contribution in [2.45, 2.75) is 6.42 Å². The molecule has 1 aromatic carbocycles. The molecule has 1 aromatic rings. The smallest absolute Gasteiger partial charge is 0.292 e. The van der Waals surface area contributed by atoms with Crippen molar-refractivity contribution < 1.29 is 9.72 Å². The quantitative estimate of drug-likeness (QED) is 0.622.